The minimum absolute atomic E-state index is 0.265. The van der Waals surface area contributed by atoms with Gasteiger partial charge in [-0.15, -0.1) is 5.10 Å². The number of methoxy groups -OCH3 is 1. The van der Waals surface area contributed by atoms with Crippen LogP contribution in [-0.4, -0.2) is 28.3 Å². The number of hydrogen-bond donors (Lipinski definition) is 0. The first-order chi connectivity index (χ1) is 17.9. The Kier molecular flexibility index (Phi) is 7.32. The lowest BCUT2D eigenvalue weighted by Crippen LogP contribution is -2.23. The van der Waals surface area contributed by atoms with Gasteiger partial charge in [0.25, 0.3) is 5.56 Å². The number of benzene rings is 2. The topological polar surface area (TPSA) is 78.9 Å². The van der Waals surface area contributed by atoms with Gasteiger partial charge in [-0.2, -0.15) is 9.50 Å². The lowest BCUT2D eigenvalue weighted by molar-refractivity contribution is 0.294. The van der Waals surface area contributed by atoms with Crippen LogP contribution in [0.4, 0.5) is 0 Å². The average molecular weight is 554 g/mol. The highest BCUT2D eigenvalue weighted by molar-refractivity contribution is 7.15. The Bertz CT molecular complexity index is 1720. The summed E-state index contributed by atoms with van der Waals surface area (Å²) < 4.78 is 18.8. The van der Waals surface area contributed by atoms with Gasteiger partial charge in [-0.25, -0.2) is 0 Å². The third-order valence-corrected chi connectivity index (χ3v) is 7.07. The van der Waals surface area contributed by atoms with Crippen molar-refractivity contribution < 1.29 is 13.9 Å². The Morgan fingerprint density at radius 3 is 2.68 bits per heavy atom. The Morgan fingerprint density at radius 2 is 1.92 bits per heavy atom. The maximum Gasteiger partial charge on any atom is 0.291 e. The van der Waals surface area contributed by atoms with Crippen LogP contribution in [0.3, 0.4) is 0 Å². The highest BCUT2D eigenvalue weighted by Crippen LogP contribution is 2.30. The summed E-state index contributed by atoms with van der Waals surface area (Å²) in [7, 11) is 1.61. The largest absolute Gasteiger partial charge is 0.493 e. The molecule has 0 saturated carbocycles. The molecule has 0 radical (unpaired) electrons. The van der Waals surface area contributed by atoms with E-state index < -0.39 is 0 Å². The summed E-state index contributed by atoms with van der Waals surface area (Å²) in [5.41, 5.74) is 1.42. The van der Waals surface area contributed by atoms with Gasteiger partial charge in [-0.05, 0) is 60.5 Å². The van der Waals surface area contributed by atoms with Crippen LogP contribution in [0.25, 0.3) is 34.5 Å². The number of fused-ring (bicyclic) bond motifs is 1. The molecular formula is C27H21Cl2N3O4S. The Balaban J connectivity index is 1.37. The molecule has 0 saturated heterocycles. The summed E-state index contributed by atoms with van der Waals surface area (Å²) >= 11 is 13.3. The number of thiazole rings is 1. The molecule has 0 aliphatic heterocycles. The molecule has 0 aliphatic carbocycles. The minimum atomic E-state index is -0.265. The van der Waals surface area contributed by atoms with E-state index in [-0.39, 0.29) is 5.56 Å². The molecule has 10 heteroatoms. The van der Waals surface area contributed by atoms with Gasteiger partial charge in [0.15, 0.2) is 17.3 Å². The predicted octanol–water partition coefficient (Wildman–Crippen LogP) is 6.23. The number of halogens is 2. The number of aromatic nitrogens is 3. The first-order valence-electron chi connectivity index (χ1n) is 11.4. The van der Waals surface area contributed by atoms with Crippen LogP contribution in [0.5, 0.6) is 11.5 Å². The molecule has 5 rings (SSSR count). The molecule has 0 atom stereocenters. The van der Waals surface area contributed by atoms with Gasteiger partial charge in [0.05, 0.1) is 23.8 Å². The zero-order valence-electron chi connectivity index (χ0n) is 19.9. The first-order valence-corrected chi connectivity index (χ1v) is 13.0. The number of hydrogen-bond acceptors (Lipinski definition) is 7. The van der Waals surface area contributed by atoms with E-state index in [2.05, 4.69) is 10.1 Å². The Morgan fingerprint density at radius 1 is 1.05 bits per heavy atom. The lowest BCUT2D eigenvalue weighted by Gasteiger charge is -2.10. The third-order valence-electron chi connectivity index (χ3n) is 5.38. The van der Waals surface area contributed by atoms with Crippen LogP contribution in [0, 0.1) is 0 Å². The van der Waals surface area contributed by atoms with E-state index in [9.17, 15) is 4.79 Å². The number of ether oxygens (including phenoxy) is 2. The molecule has 188 valence electrons. The van der Waals surface area contributed by atoms with E-state index >= 15 is 0 Å². The molecule has 0 N–H and O–H groups in total. The second kappa shape index (κ2) is 10.8. The molecule has 0 fully saturated rings. The first kappa shape index (κ1) is 25.1. The van der Waals surface area contributed by atoms with Crippen LogP contribution in [0.2, 0.25) is 10.0 Å². The van der Waals surface area contributed by atoms with Crippen molar-refractivity contribution in [1.82, 2.24) is 14.6 Å². The fourth-order valence-corrected chi connectivity index (χ4v) is 4.77. The molecule has 0 aliphatic rings. The number of nitrogens with zero attached hydrogens (tertiary/aromatic N) is 3. The average Bonchev–Trinajstić information content (AvgIpc) is 3.60. The number of furan rings is 1. The van der Waals surface area contributed by atoms with Crippen molar-refractivity contribution in [2.75, 3.05) is 13.7 Å². The van der Waals surface area contributed by atoms with E-state index in [1.165, 1.54) is 15.9 Å². The van der Waals surface area contributed by atoms with Crippen LogP contribution in [-0.2, 0) is 0 Å². The van der Waals surface area contributed by atoms with Gasteiger partial charge in [0, 0.05) is 11.6 Å². The maximum absolute atomic E-state index is 12.9. The van der Waals surface area contributed by atoms with Crippen LogP contribution in [0.1, 0.15) is 30.5 Å². The van der Waals surface area contributed by atoms with Gasteiger partial charge in [-0.3, -0.25) is 4.79 Å². The van der Waals surface area contributed by atoms with E-state index in [0.29, 0.717) is 55.0 Å². The molecule has 0 amide bonds. The highest BCUT2D eigenvalue weighted by Gasteiger charge is 2.11. The zero-order chi connectivity index (χ0) is 25.9. The van der Waals surface area contributed by atoms with Gasteiger partial charge in [-0.1, -0.05) is 53.6 Å². The standard InChI is InChI=1S/C27H21Cl2N3O4S/c1-3-12-35-22-9-4-16(13-23(22)34-2)5-11-25-30-27-32(31-25)26(33)24(37-27)15-18-7-10-21(36-18)17-6-8-19(28)20(29)14-17/h4-11,13-15H,3,12H2,1-2H3/b11-5+,24-15-. The van der Waals surface area contributed by atoms with Gasteiger partial charge in [0.2, 0.25) is 4.96 Å². The van der Waals surface area contributed by atoms with E-state index in [4.69, 9.17) is 37.1 Å². The van der Waals surface area contributed by atoms with E-state index in [0.717, 1.165) is 17.5 Å². The third kappa shape index (κ3) is 5.41. The zero-order valence-corrected chi connectivity index (χ0v) is 22.2. The van der Waals surface area contributed by atoms with Crippen molar-refractivity contribution in [3.8, 4) is 22.8 Å². The van der Waals surface area contributed by atoms with Crippen LogP contribution < -0.4 is 19.6 Å². The Labute approximate surface area is 226 Å². The van der Waals surface area contributed by atoms with Crippen molar-refractivity contribution in [3.63, 3.8) is 0 Å². The molecule has 37 heavy (non-hydrogen) atoms. The summed E-state index contributed by atoms with van der Waals surface area (Å²) in [6.07, 6.45) is 6.20. The van der Waals surface area contributed by atoms with Gasteiger partial charge >= 0.3 is 0 Å². The molecule has 2 aromatic carbocycles. The molecule has 0 spiro atoms. The molecule has 5 aromatic rings. The van der Waals surface area contributed by atoms with E-state index in [1.807, 2.05) is 43.3 Å². The van der Waals surface area contributed by atoms with Crippen LogP contribution >= 0.6 is 34.5 Å². The molecule has 7 nitrogen and oxygen atoms in total. The van der Waals surface area contributed by atoms with Crippen LogP contribution in [0.15, 0.2) is 57.7 Å². The second-order valence-corrected chi connectivity index (χ2v) is 9.83. The molecule has 3 aromatic heterocycles. The normalized spacial score (nSPS) is 12.2. The summed E-state index contributed by atoms with van der Waals surface area (Å²) in [6.45, 7) is 2.67. The summed E-state index contributed by atoms with van der Waals surface area (Å²) in [4.78, 5) is 17.9. The van der Waals surface area contributed by atoms with Crippen molar-refractivity contribution in [1.29, 1.82) is 0 Å². The van der Waals surface area contributed by atoms with E-state index in [1.54, 1.807) is 37.5 Å². The monoisotopic (exact) mass is 553 g/mol. The number of rotatable bonds is 8. The maximum atomic E-state index is 12.9. The fraction of sp³-hybridized carbons (Fsp3) is 0.148. The van der Waals surface area contributed by atoms with Gasteiger partial charge in [0.1, 0.15) is 16.1 Å². The molecule has 3 heterocycles. The van der Waals surface area contributed by atoms with Crippen molar-refractivity contribution in [2.45, 2.75) is 13.3 Å². The van der Waals surface area contributed by atoms with Crippen molar-refractivity contribution in [3.05, 3.63) is 90.6 Å². The summed E-state index contributed by atoms with van der Waals surface area (Å²) in [6, 6.07) is 14.5. The molecular weight excluding hydrogens is 533 g/mol. The second-order valence-electron chi connectivity index (χ2n) is 8.00. The van der Waals surface area contributed by atoms with Crippen molar-refractivity contribution >= 4 is 57.7 Å². The molecule has 0 bridgehead atoms. The highest BCUT2D eigenvalue weighted by atomic mass is 35.5. The minimum Gasteiger partial charge on any atom is -0.493 e. The smallest absolute Gasteiger partial charge is 0.291 e. The SMILES string of the molecule is CCCOc1ccc(/C=C/c2nc3s/c(=C\c4ccc(-c5ccc(Cl)c(Cl)c5)o4)c(=O)n3n2)cc1OC. The lowest BCUT2D eigenvalue weighted by atomic mass is 10.2. The van der Waals surface area contributed by atoms with Gasteiger partial charge < -0.3 is 13.9 Å². The molecule has 0 unspecified atom stereocenters. The summed E-state index contributed by atoms with van der Waals surface area (Å²) in [5, 5.41) is 5.25. The quantitative estimate of drug-likeness (QED) is 0.226. The predicted molar refractivity (Wildman–Crippen MR) is 148 cm³/mol. The fourth-order valence-electron chi connectivity index (χ4n) is 3.57. The van der Waals surface area contributed by atoms with Crippen molar-refractivity contribution in [2.24, 2.45) is 0 Å². The Hall–Kier alpha value is -3.59. The summed E-state index contributed by atoms with van der Waals surface area (Å²) in [5.74, 6) is 2.92.